The molecule has 0 unspecified atom stereocenters. The zero-order chi connectivity index (χ0) is 21.2. The summed E-state index contributed by atoms with van der Waals surface area (Å²) in [6.45, 7) is 2.95. The molecule has 0 atom stereocenters. The maximum Gasteiger partial charge on any atom is 0.248 e. The Balaban J connectivity index is 1.55. The second-order valence-corrected chi connectivity index (χ2v) is 6.46. The summed E-state index contributed by atoms with van der Waals surface area (Å²) in [5, 5.41) is 2.84. The molecule has 0 fully saturated rings. The molecule has 0 aliphatic carbocycles. The fraction of sp³-hybridized carbons (Fsp3) is 0.160. The average Bonchev–Trinajstić information content (AvgIpc) is 2.78. The maximum absolute atomic E-state index is 12.2. The summed E-state index contributed by atoms with van der Waals surface area (Å²) in [5.41, 5.74) is 2.64. The van der Waals surface area contributed by atoms with Crippen molar-refractivity contribution in [3.05, 3.63) is 90.0 Å². The molecule has 5 heteroatoms. The molecule has 0 bridgehead atoms. The number of rotatable bonds is 9. The van der Waals surface area contributed by atoms with Gasteiger partial charge in [-0.15, -0.1) is 0 Å². The molecule has 154 valence electrons. The van der Waals surface area contributed by atoms with E-state index in [-0.39, 0.29) is 5.91 Å². The number of anilines is 1. The van der Waals surface area contributed by atoms with E-state index in [0.717, 1.165) is 16.9 Å². The van der Waals surface area contributed by atoms with Gasteiger partial charge in [-0.25, -0.2) is 0 Å². The summed E-state index contributed by atoms with van der Waals surface area (Å²) in [7, 11) is 1.60. The van der Waals surface area contributed by atoms with Gasteiger partial charge in [0.05, 0.1) is 13.7 Å². The molecular weight excluding hydrogens is 378 g/mol. The quantitative estimate of drug-likeness (QED) is 0.491. The van der Waals surface area contributed by atoms with E-state index in [2.05, 4.69) is 5.32 Å². The summed E-state index contributed by atoms with van der Waals surface area (Å²) >= 11 is 0. The topological polar surface area (TPSA) is 56.8 Å². The molecule has 3 rings (SSSR count). The maximum atomic E-state index is 12.2. The average molecular weight is 403 g/mol. The molecule has 0 saturated carbocycles. The Morgan fingerprint density at radius 2 is 1.70 bits per heavy atom. The second-order valence-electron chi connectivity index (χ2n) is 6.46. The van der Waals surface area contributed by atoms with Crippen LogP contribution in [-0.2, 0) is 11.4 Å². The third-order valence-electron chi connectivity index (χ3n) is 4.28. The molecule has 0 heterocycles. The van der Waals surface area contributed by atoms with Crippen LogP contribution in [0.5, 0.6) is 17.2 Å². The van der Waals surface area contributed by atoms with Crippen LogP contribution in [0.1, 0.15) is 18.1 Å². The van der Waals surface area contributed by atoms with Crippen LogP contribution >= 0.6 is 0 Å². The van der Waals surface area contributed by atoms with Gasteiger partial charge in [-0.1, -0.05) is 36.4 Å². The molecule has 0 aliphatic rings. The second kappa shape index (κ2) is 10.7. The Morgan fingerprint density at radius 1 is 0.933 bits per heavy atom. The number of carbonyl (C=O) groups excluding carboxylic acids is 1. The van der Waals surface area contributed by atoms with Gasteiger partial charge in [0.2, 0.25) is 5.91 Å². The Morgan fingerprint density at radius 3 is 2.40 bits per heavy atom. The summed E-state index contributed by atoms with van der Waals surface area (Å²) in [6.07, 6.45) is 3.21. The fourth-order valence-electron chi connectivity index (χ4n) is 2.80. The highest BCUT2D eigenvalue weighted by atomic mass is 16.5. The first-order chi connectivity index (χ1) is 14.7. The lowest BCUT2D eigenvalue weighted by atomic mass is 10.2. The van der Waals surface area contributed by atoms with Crippen LogP contribution in [0.2, 0.25) is 0 Å². The number of hydrogen-bond donors (Lipinski definition) is 1. The van der Waals surface area contributed by atoms with E-state index in [1.54, 1.807) is 13.2 Å². The van der Waals surface area contributed by atoms with Crippen LogP contribution < -0.4 is 19.5 Å². The van der Waals surface area contributed by atoms with Crippen molar-refractivity contribution in [3.63, 3.8) is 0 Å². The Bertz CT molecular complexity index is 982. The molecule has 1 amide bonds. The number of benzene rings is 3. The van der Waals surface area contributed by atoms with Crippen molar-refractivity contribution in [2.24, 2.45) is 0 Å². The van der Waals surface area contributed by atoms with Gasteiger partial charge >= 0.3 is 0 Å². The van der Waals surface area contributed by atoms with Gasteiger partial charge in [-0.2, -0.15) is 0 Å². The third-order valence-corrected chi connectivity index (χ3v) is 4.28. The minimum Gasteiger partial charge on any atom is -0.493 e. The molecule has 5 nitrogen and oxygen atoms in total. The predicted molar refractivity (Wildman–Crippen MR) is 119 cm³/mol. The molecule has 0 aliphatic heterocycles. The summed E-state index contributed by atoms with van der Waals surface area (Å²) < 4.78 is 16.6. The van der Waals surface area contributed by atoms with Gasteiger partial charge in [0.1, 0.15) is 12.4 Å². The van der Waals surface area contributed by atoms with Gasteiger partial charge in [0.15, 0.2) is 11.5 Å². The highest BCUT2D eigenvalue weighted by Crippen LogP contribution is 2.28. The van der Waals surface area contributed by atoms with Crippen molar-refractivity contribution in [1.29, 1.82) is 0 Å². The van der Waals surface area contributed by atoms with Gasteiger partial charge in [0.25, 0.3) is 0 Å². The van der Waals surface area contributed by atoms with Gasteiger partial charge in [0, 0.05) is 11.8 Å². The van der Waals surface area contributed by atoms with E-state index in [1.807, 2.05) is 79.7 Å². The number of hydrogen-bond acceptors (Lipinski definition) is 4. The fourth-order valence-corrected chi connectivity index (χ4v) is 2.80. The number of amides is 1. The van der Waals surface area contributed by atoms with Gasteiger partial charge in [-0.3, -0.25) is 4.79 Å². The molecule has 30 heavy (non-hydrogen) atoms. The largest absolute Gasteiger partial charge is 0.493 e. The van der Waals surface area contributed by atoms with E-state index in [9.17, 15) is 4.79 Å². The first kappa shape index (κ1) is 21.0. The van der Waals surface area contributed by atoms with Crippen molar-refractivity contribution in [3.8, 4) is 17.2 Å². The molecule has 0 spiro atoms. The van der Waals surface area contributed by atoms with Gasteiger partial charge in [-0.05, 0) is 60.5 Å². The lowest BCUT2D eigenvalue weighted by Gasteiger charge is -2.09. The van der Waals surface area contributed by atoms with E-state index in [4.69, 9.17) is 14.2 Å². The first-order valence-corrected chi connectivity index (χ1v) is 9.74. The van der Waals surface area contributed by atoms with E-state index in [0.29, 0.717) is 30.4 Å². The normalized spacial score (nSPS) is 10.6. The van der Waals surface area contributed by atoms with Crippen LogP contribution in [0.15, 0.2) is 78.9 Å². The number of methoxy groups -OCH3 is 1. The highest BCUT2D eigenvalue weighted by molar-refractivity contribution is 6.01. The summed E-state index contributed by atoms with van der Waals surface area (Å²) in [6, 6.07) is 22.8. The van der Waals surface area contributed by atoms with Crippen LogP contribution in [0.4, 0.5) is 5.69 Å². The van der Waals surface area contributed by atoms with Crippen molar-refractivity contribution >= 4 is 17.7 Å². The lowest BCUT2D eigenvalue weighted by molar-refractivity contribution is -0.111. The van der Waals surface area contributed by atoms with Crippen molar-refractivity contribution in [2.75, 3.05) is 19.0 Å². The van der Waals surface area contributed by atoms with E-state index < -0.39 is 0 Å². The lowest BCUT2D eigenvalue weighted by Crippen LogP contribution is -2.07. The number of carbonyl (C=O) groups is 1. The standard InChI is InChI=1S/C25H25NO4/c1-3-29-24-17-19(9-15-23(24)28-2)10-16-25(27)26-21-11-13-22(14-12-21)30-18-20-7-5-4-6-8-20/h4-17H,3,18H2,1-2H3,(H,26,27)/b16-10+. The van der Waals surface area contributed by atoms with E-state index in [1.165, 1.54) is 6.08 Å². The Labute approximate surface area is 176 Å². The number of ether oxygens (including phenoxy) is 3. The Hall–Kier alpha value is -3.73. The van der Waals surface area contributed by atoms with E-state index >= 15 is 0 Å². The number of nitrogens with one attached hydrogen (secondary N) is 1. The minimum atomic E-state index is -0.221. The van der Waals surface area contributed by atoms with Crippen LogP contribution in [0, 0.1) is 0 Å². The molecule has 3 aromatic rings. The van der Waals surface area contributed by atoms with Crippen LogP contribution in [0.25, 0.3) is 6.08 Å². The zero-order valence-corrected chi connectivity index (χ0v) is 17.1. The molecular formula is C25H25NO4. The van der Waals surface area contributed by atoms with Crippen molar-refractivity contribution < 1.29 is 19.0 Å². The molecule has 0 radical (unpaired) electrons. The van der Waals surface area contributed by atoms with Crippen LogP contribution in [0.3, 0.4) is 0 Å². The Kier molecular flexibility index (Phi) is 7.50. The molecule has 0 saturated heterocycles. The van der Waals surface area contributed by atoms with Crippen molar-refractivity contribution in [1.82, 2.24) is 0 Å². The summed E-state index contributed by atoms with van der Waals surface area (Å²) in [4.78, 5) is 12.2. The summed E-state index contributed by atoms with van der Waals surface area (Å²) in [5.74, 6) is 1.83. The van der Waals surface area contributed by atoms with Crippen LogP contribution in [-0.4, -0.2) is 19.6 Å². The molecule has 1 N–H and O–H groups in total. The smallest absolute Gasteiger partial charge is 0.248 e. The highest BCUT2D eigenvalue weighted by Gasteiger charge is 2.05. The zero-order valence-electron chi connectivity index (χ0n) is 17.1. The first-order valence-electron chi connectivity index (χ1n) is 9.74. The van der Waals surface area contributed by atoms with Crippen molar-refractivity contribution in [2.45, 2.75) is 13.5 Å². The molecule has 0 aromatic heterocycles. The SMILES string of the molecule is CCOc1cc(/C=C/C(=O)Nc2ccc(OCc3ccccc3)cc2)ccc1OC. The predicted octanol–water partition coefficient (Wildman–Crippen LogP) is 5.32. The van der Waals surface area contributed by atoms with Gasteiger partial charge < -0.3 is 19.5 Å². The monoisotopic (exact) mass is 403 g/mol. The third kappa shape index (κ3) is 6.14. The molecule has 3 aromatic carbocycles. The minimum absolute atomic E-state index is 0.221.